The van der Waals surface area contributed by atoms with Crippen LogP contribution in [-0.4, -0.2) is 40.9 Å². The van der Waals surface area contributed by atoms with E-state index in [1.165, 1.54) is 12.1 Å². The summed E-state index contributed by atoms with van der Waals surface area (Å²) in [5.41, 5.74) is 1.79. The maximum atomic E-state index is 13.7. The highest BCUT2D eigenvalue weighted by atomic mass is 32.2. The molecule has 2 heterocycles. The van der Waals surface area contributed by atoms with Crippen LogP contribution in [0.5, 0.6) is 23.0 Å². The van der Waals surface area contributed by atoms with E-state index in [2.05, 4.69) is 5.32 Å². The van der Waals surface area contributed by atoms with Crippen molar-refractivity contribution in [1.29, 1.82) is 0 Å². The average molecular weight is 483 g/mol. The predicted octanol–water partition coefficient (Wildman–Crippen LogP) is 3.33. The van der Waals surface area contributed by atoms with Crippen molar-refractivity contribution in [3.63, 3.8) is 0 Å². The summed E-state index contributed by atoms with van der Waals surface area (Å²) in [5.74, 6) is 1.41. The van der Waals surface area contributed by atoms with E-state index in [9.17, 15) is 13.2 Å². The van der Waals surface area contributed by atoms with Crippen LogP contribution in [0.15, 0.2) is 65.6 Å². The van der Waals surface area contributed by atoms with Crippen molar-refractivity contribution < 1.29 is 32.2 Å². The van der Waals surface area contributed by atoms with E-state index < -0.39 is 22.5 Å². The monoisotopic (exact) mass is 482 g/mol. The highest BCUT2D eigenvalue weighted by molar-refractivity contribution is 7.92. The molecule has 176 valence electrons. The van der Waals surface area contributed by atoms with Crippen LogP contribution in [0.2, 0.25) is 0 Å². The van der Waals surface area contributed by atoms with E-state index in [1.807, 2.05) is 6.92 Å². The number of fused-ring (bicyclic) bond motifs is 2. The number of carbonyl (C=O) groups excluding carboxylic acids is 1. The van der Waals surface area contributed by atoms with E-state index in [0.29, 0.717) is 47.6 Å². The molecular formula is C24H22N2O7S. The topological polar surface area (TPSA) is 103 Å². The number of aryl methyl sites for hydroxylation is 1. The van der Waals surface area contributed by atoms with E-state index in [0.717, 1.165) is 9.87 Å². The molecular weight excluding hydrogens is 460 g/mol. The van der Waals surface area contributed by atoms with Crippen LogP contribution in [0, 0.1) is 6.92 Å². The van der Waals surface area contributed by atoms with E-state index in [4.69, 9.17) is 18.9 Å². The Morgan fingerprint density at radius 2 is 1.50 bits per heavy atom. The van der Waals surface area contributed by atoms with Crippen molar-refractivity contribution in [3.8, 4) is 23.0 Å². The molecule has 3 aromatic carbocycles. The molecule has 0 unspecified atom stereocenters. The molecule has 2 aliphatic heterocycles. The summed E-state index contributed by atoms with van der Waals surface area (Å²) >= 11 is 0. The molecule has 0 bridgehead atoms. The predicted molar refractivity (Wildman–Crippen MR) is 124 cm³/mol. The molecule has 9 nitrogen and oxygen atoms in total. The third-order valence-corrected chi connectivity index (χ3v) is 7.14. The van der Waals surface area contributed by atoms with Gasteiger partial charge in [-0.1, -0.05) is 17.7 Å². The van der Waals surface area contributed by atoms with Gasteiger partial charge in [-0.2, -0.15) is 0 Å². The molecule has 0 fully saturated rings. The van der Waals surface area contributed by atoms with Gasteiger partial charge in [-0.15, -0.1) is 0 Å². The lowest BCUT2D eigenvalue weighted by Crippen LogP contribution is -2.38. The van der Waals surface area contributed by atoms with Crippen LogP contribution < -0.4 is 28.6 Å². The van der Waals surface area contributed by atoms with Crippen LogP contribution in [0.4, 0.5) is 11.4 Å². The van der Waals surface area contributed by atoms with Crippen molar-refractivity contribution in [3.05, 3.63) is 66.2 Å². The quantitative estimate of drug-likeness (QED) is 0.575. The molecule has 0 saturated carbocycles. The van der Waals surface area contributed by atoms with Crippen LogP contribution in [0.1, 0.15) is 5.56 Å². The minimum Gasteiger partial charge on any atom is -0.486 e. The number of rotatable bonds is 6. The van der Waals surface area contributed by atoms with Gasteiger partial charge in [-0.3, -0.25) is 9.10 Å². The lowest BCUT2D eigenvalue weighted by molar-refractivity contribution is -0.114. The molecule has 0 saturated heterocycles. The lowest BCUT2D eigenvalue weighted by atomic mass is 10.2. The normalized spacial score (nSPS) is 13.9. The van der Waals surface area contributed by atoms with Crippen LogP contribution in [0.25, 0.3) is 0 Å². The Morgan fingerprint density at radius 3 is 2.29 bits per heavy atom. The summed E-state index contributed by atoms with van der Waals surface area (Å²) in [6.45, 7) is 2.30. The summed E-state index contributed by atoms with van der Waals surface area (Å²) in [6.07, 6.45) is 0. The first-order valence-corrected chi connectivity index (χ1v) is 12.0. The summed E-state index contributed by atoms with van der Waals surface area (Å²) in [6, 6.07) is 16.3. The highest BCUT2D eigenvalue weighted by Crippen LogP contribution is 2.35. The summed E-state index contributed by atoms with van der Waals surface area (Å²) in [5, 5.41) is 2.73. The number of ether oxygens (including phenoxy) is 4. The van der Waals surface area contributed by atoms with Gasteiger partial charge in [-0.05, 0) is 43.3 Å². The van der Waals surface area contributed by atoms with E-state index in [-0.39, 0.29) is 11.7 Å². The molecule has 0 spiro atoms. The van der Waals surface area contributed by atoms with Crippen LogP contribution in [-0.2, 0) is 14.8 Å². The first-order chi connectivity index (χ1) is 16.4. The number of nitrogens with zero attached hydrogens (tertiary/aromatic N) is 1. The fraction of sp³-hybridized carbons (Fsp3) is 0.208. The number of sulfonamides is 1. The molecule has 0 radical (unpaired) electrons. The molecule has 0 aliphatic carbocycles. The SMILES string of the molecule is Cc1ccc(N(CC(=O)Nc2ccc3c(c2)OCO3)S(=O)(=O)c2ccc3c(c2)OCCO3)cc1. The first-order valence-electron chi connectivity index (χ1n) is 10.6. The van der Waals surface area contributed by atoms with Gasteiger partial charge >= 0.3 is 0 Å². The van der Waals surface area contributed by atoms with Crippen LogP contribution >= 0.6 is 0 Å². The summed E-state index contributed by atoms with van der Waals surface area (Å²) in [4.78, 5) is 12.9. The summed E-state index contributed by atoms with van der Waals surface area (Å²) in [7, 11) is -4.11. The zero-order valence-corrected chi connectivity index (χ0v) is 19.1. The third kappa shape index (κ3) is 4.32. The van der Waals surface area contributed by atoms with Gasteiger partial charge in [0.15, 0.2) is 23.0 Å². The lowest BCUT2D eigenvalue weighted by Gasteiger charge is -2.25. The smallest absolute Gasteiger partial charge is 0.264 e. The maximum absolute atomic E-state index is 13.7. The molecule has 2 aliphatic rings. The summed E-state index contributed by atoms with van der Waals surface area (Å²) < 4.78 is 50.0. The Hall–Kier alpha value is -3.92. The van der Waals surface area contributed by atoms with Crippen molar-refractivity contribution >= 4 is 27.3 Å². The second kappa shape index (κ2) is 8.79. The van der Waals surface area contributed by atoms with Gasteiger partial charge < -0.3 is 24.3 Å². The Morgan fingerprint density at radius 1 is 0.853 bits per heavy atom. The molecule has 0 atom stereocenters. The zero-order valence-electron chi connectivity index (χ0n) is 18.3. The number of hydrogen-bond acceptors (Lipinski definition) is 7. The number of hydrogen-bond donors (Lipinski definition) is 1. The molecule has 5 rings (SSSR count). The van der Waals surface area contributed by atoms with Gasteiger partial charge in [-0.25, -0.2) is 8.42 Å². The number of benzene rings is 3. The van der Waals surface area contributed by atoms with Gasteiger partial charge in [0.05, 0.1) is 10.6 Å². The van der Waals surface area contributed by atoms with Crippen molar-refractivity contribution in [2.75, 3.05) is 36.2 Å². The number of nitrogens with one attached hydrogen (secondary N) is 1. The van der Waals surface area contributed by atoms with Crippen molar-refractivity contribution in [2.24, 2.45) is 0 Å². The molecule has 10 heteroatoms. The Labute approximate surface area is 196 Å². The number of anilines is 2. The van der Waals surface area contributed by atoms with Crippen molar-refractivity contribution in [1.82, 2.24) is 0 Å². The van der Waals surface area contributed by atoms with E-state index >= 15 is 0 Å². The van der Waals surface area contributed by atoms with E-state index in [1.54, 1.807) is 48.5 Å². The fourth-order valence-electron chi connectivity index (χ4n) is 3.64. The standard InChI is InChI=1S/C24H22N2O7S/c1-16-2-5-18(6-3-16)26(14-24(27)25-17-4-8-21-22(12-17)33-15-32-21)34(28,29)19-7-9-20-23(13-19)31-11-10-30-20/h2-9,12-13H,10-11,14-15H2,1H3,(H,25,27). The van der Waals surface area contributed by atoms with Gasteiger partial charge in [0.1, 0.15) is 19.8 Å². The highest BCUT2D eigenvalue weighted by Gasteiger charge is 2.29. The largest absolute Gasteiger partial charge is 0.486 e. The molecule has 0 aromatic heterocycles. The number of carbonyl (C=O) groups is 1. The molecule has 34 heavy (non-hydrogen) atoms. The second-order valence-corrected chi connectivity index (χ2v) is 9.63. The number of amides is 1. The van der Waals surface area contributed by atoms with Gasteiger partial charge in [0.25, 0.3) is 10.0 Å². The fourth-order valence-corrected chi connectivity index (χ4v) is 5.08. The van der Waals surface area contributed by atoms with Gasteiger partial charge in [0.2, 0.25) is 12.7 Å². The third-order valence-electron chi connectivity index (χ3n) is 5.37. The Balaban J connectivity index is 1.44. The minimum absolute atomic E-state index is 0.00629. The van der Waals surface area contributed by atoms with Gasteiger partial charge in [0, 0.05) is 17.8 Å². The van der Waals surface area contributed by atoms with Crippen LogP contribution in [0.3, 0.4) is 0 Å². The zero-order chi connectivity index (χ0) is 23.7. The Kier molecular flexibility index (Phi) is 5.66. The molecule has 3 aromatic rings. The second-order valence-electron chi connectivity index (χ2n) is 7.77. The molecule has 1 amide bonds. The first kappa shape index (κ1) is 21.9. The molecule has 1 N–H and O–H groups in total. The maximum Gasteiger partial charge on any atom is 0.264 e. The Bertz CT molecular complexity index is 1340. The minimum atomic E-state index is -4.11. The van der Waals surface area contributed by atoms with Crippen molar-refractivity contribution in [2.45, 2.75) is 11.8 Å². The average Bonchev–Trinajstić information content (AvgIpc) is 3.31.